The number of anilines is 1. The average molecular weight is 294 g/mol. The first-order chi connectivity index (χ1) is 10.7. The van der Waals surface area contributed by atoms with Gasteiger partial charge < -0.3 is 9.42 Å². The minimum absolute atomic E-state index is 0.590. The summed E-state index contributed by atoms with van der Waals surface area (Å²) in [5.41, 5.74) is 2.58. The van der Waals surface area contributed by atoms with E-state index in [1.807, 2.05) is 44.3 Å². The van der Waals surface area contributed by atoms with Crippen LogP contribution in [0.5, 0.6) is 0 Å². The number of fused-ring (bicyclic) bond motifs is 2. The Morgan fingerprint density at radius 2 is 2.14 bits per heavy atom. The van der Waals surface area contributed by atoms with E-state index in [0.717, 1.165) is 28.2 Å². The second-order valence-corrected chi connectivity index (χ2v) is 5.21. The van der Waals surface area contributed by atoms with E-state index >= 15 is 0 Å². The van der Waals surface area contributed by atoms with Crippen LogP contribution < -0.4 is 4.90 Å². The molecule has 0 aliphatic carbocycles. The predicted octanol–water partition coefficient (Wildman–Crippen LogP) is 2.21. The zero-order valence-electron chi connectivity index (χ0n) is 12.3. The maximum atomic E-state index is 5.36. The van der Waals surface area contributed by atoms with Crippen molar-refractivity contribution in [2.75, 3.05) is 11.9 Å². The van der Waals surface area contributed by atoms with Crippen LogP contribution in [0, 0.1) is 6.92 Å². The molecule has 110 valence electrons. The second-order valence-electron chi connectivity index (χ2n) is 5.21. The third-order valence-electron chi connectivity index (χ3n) is 3.59. The topological polar surface area (TPSA) is 72.4 Å². The molecule has 4 rings (SSSR count). The first-order valence-corrected chi connectivity index (χ1v) is 6.94. The molecule has 0 aliphatic rings. The number of hydrogen-bond donors (Lipinski definition) is 0. The number of aryl methyl sites for hydroxylation is 1. The fraction of sp³-hybridized carbons (Fsp3) is 0.200. The van der Waals surface area contributed by atoms with Gasteiger partial charge in [0.1, 0.15) is 17.8 Å². The molecule has 0 bridgehead atoms. The van der Waals surface area contributed by atoms with Crippen molar-refractivity contribution in [3.63, 3.8) is 0 Å². The summed E-state index contributed by atoms with van der Waals surface area (Å²) in [6.07, 6.45) is 1.50. The van der Waals surface area contributed by atoms with Gasteiger partial charge in [0.25, 0.3) is 5.78 Å². The van der Waals surface area contributed by atoms with Crippen LogP contribution in [0.2, 0.25) is 0 Å². The molecule has 0 saturated heterocycles. The highest BCUT2D eigenvalue weighted by Gasteiger charge is 2.14. The first kappa shape index (κ1) is 12.8. The SMILES string of the molecule is Cc1cc(N(C)Cc2noc3ccccc23)n2ncnc2n1. The smallest absolute Gasteiger partial charge is 0.254 e. The second kappa shape index (κ2) is 4.80. The summed E-state index contributed by atoms with van der Waals surface area (Å²) in [7, 11) is 1.99. The third kappa shape index (κ3) is 1.98. The van der Waals surface area contributed by atoms with Gasteiger partial charge in [0.2, 0.25) is 0 Å². The molecule has 22 heavy (non-hydrogen) atoms. The monoisotopic (exact) mass is 294 g/mol. The minimum atomic E-state index is 0.590. The summed E-state index contributed by atoms with van der Waals surface area (Å²) in [5, 5.41) is 9.43. The lowest BCUT2D eigenvalue weighted by Gasteiger charge is -2.18. The Bertz CT molecular complexity index is 957. The first-order valence-electron chi connectivity index (χ1n) is 6.94. The van der Waals surface area contributed by atoms with Gasteiger partial charge in [-0.1, -0.05) is 17.3 Å². The van der Waals surface area contributed by atoms with Gasteiger partial charge in [0, 0.05) is 24.2 Å². The van der Waals surface area contributed by atoms with E-state index in [1.54, 1.807) is 4.52 Å². The van der Waals surface area contributed by atoms with Crippen molar-refractivity contribution in [1.82, 2.24) is 24.7 Å². The van der Waals surface area contributed by atoms with E-state index in [9.17, 15) is 0 Å². The lowest BCUT2D eigenvalue weighted by Crippen LogP contribution is -2.20. The van der Waals surface area contributed by atoms with E-state index in [-0.39, 0.29) is 0 Å². The highest BCUT2D eigenvalue weighted by molar-refractivity contribution is 5.79. The number of benzene rings is 1. The molecular formula is C15H14N6O. The van der Waals surface area contributed by atoms with Crippen LogP contribution in [0.15, 0.2) is 41.2 Å². The van der Waals surface area contributed by atoms with E-state index in [1.165, 1.54) is 6.33 Å². The van der Waals surface area contributed by atoms with Gasteiger partial charge in [-0.15, -0.1) is 0 Å². The summed E-state index contributed by atoms with van der Waals surface area (Å²) < 4.78 is 7.08. The van der Waals surface area contributed by atoms with Crippen molar-refractivity contribution >= 4 is 22.6 Å². The van der Waals surface area contributed by atoms with Crippen molar-refractivity contribution in [2.24, 2.45) is 0 Å². The van der Waals surface area contributed by atoms with Gasteiger partial charge in [-0.2, -0.15) is 14.6 Å². The molecule has 0 fully saturated rings. The largest absolute Gasteiger partial charge is 0.356 e. The number of aromatic nitrogens is 5. The zero-order chi connectivity index (χ0) is 15.1. The highest BCUT2D eigenvalue weighted by Crippen LogP contribution is 2.22. The summed E-state index contributed by atoms with van der Waals surface area (Å²) >= 11 is 0. The molecule has 0 unspecified atom stereocenters. The Morgan fingerprint density at radius 3 is 3.05 bits per heavy atom. The van der Waals surface area contributed by atoms with Crippen molar-refractivity contribution in [2.45, 2.75) is 13.5 Å². The van der Waals surface area contributed by atoms with E-state index in [2.05, 4.69) is 25.1 Å². The molecule has 0 spiro atoms. The molecule has 3 heterocycles. The molecule has 1 aromatic carbocycles. The molecule has 7 heteroatoms. The third-order valence-corrected chi connectivity index (χ3v) is 3.59. The Balaban J connectivity index is 1.74. The molecule has 3 aromatic heterocycles. The molecule has 0 N–H and O–H groups in total. The maximum absolute atomic E-state index is 5.36. The summed E-state index contributed by atoms with van der Waals surface area (Å²) in [6, 6.07) is 9.82. The fourth-order valence-electron chi connectivity index (χ4n) is 2.54. The lowest BCUT2D eigenvalue weighted by atomic mass is 10.2. The Kier molecular flexibility index (Phi) is 2.78. The van der Waals surface area contributed by atoms with Crippen molar-refractivity contribution in [1.29, 1.82) is 0 Å². The number of para-hydroxylation sites is 1. The number of hydrogen-bond acceptors (Lipinski definition) is 6. The Morgan fingerprint density at radius 1 is 1.27 bits per heavy atom. The van der Waals surface area contributed by atoms with Gasteiger partial charge in [0.15, 0.2) is 5.58 Å². The van der Waals surface area contributed by atoms with E-state index < -0.39 is 0 Å². The number of nitrogens with zero attached hydrogens (tertiary/aromatic N) is 6. The fourth-order valence-corrected chi connectivity index (χ4v) is 2.54. The Labute approximate surface area is 126 Å². The van der Waals surface area contributed by atoms with Gasteiger partial charge in [0.05, 0.1) is 6.54 Å². The van der Waals surface area contributed by atoms with Crippen molar-refractivity contribution in [3.05, 3.63) is 48.0 Å². The molecular weight excluding hydrogens is 280 g/mol. The van der Waals surface area contributed by atoms with Gasteiger partial charge in [-0.25, -0.2) is 4.98 Å². The van der Waals surface area contributed by atoms with Crippen LogP contribution in [-0.4, -0.2) is 31.8 Å². The van der Waals surface area contributed by atoms with E-state index in [4.69, 9.17) is 4.52 Å². The van der Waals surface area contributed by atoms with Crippen LogP contribution in [0.4, 0.5) is 5.82 Å². The molecule has 4 aromatic rings. The van der Waals surface area contributed by atoms with Crippen LogP contribution in [-0.2, 0) is 6.54 Å². The molecule has 0 saturated carbocycles. The van der Waals surface area contributed by atoms with Crippen LogP contribution in [0.3, 0.4) is 0 Å². The lowest BCUT2D eigenvalue weighted by molar-refractivity contribution is 0.445. The summed E-state index contributed by atoms with van der Waals surface area (Å²) in [6.45, 7) is 2.55. The normalized spacial score (nSPS) is 11.4. The molecule has 0 amide bonds. The highest BCUT2D eigenvalue weighted by atomic mass is 16.5. The molecule has 0 aliphatic heterocycles. The Hall–Kier alpha value is -2.96. The summed E-state index contributed by atoms with van der Waals surface area (Å²) in [4.78, 5) is 10.6. The van der Waals surface area contributed by atoms with Crippen LogP contribution >= 0.6 is 0 Å². The average Bonchev–Trinajstić information content (AvgIpc) is 3.13. The quantitative estimate of drug-likeness (QED) is 0.577. The number of rotatable bonds is 3. The van der Waals surface area contributed by atoms with Crippen molar-refractivity contribution in [3.8, 4) is 0 Å². The maximum Gasteiger partial charge on any atom is 0.254 e. The van der Waals surface area contributed by atoms with Gasteiger partial charge >= 0.3 is 0 Å². The van der Waals surface area contributed by atoms with Gasteiger partial charge in [-0.05, 0) is 19.1 Å². The predicted molar refractivity (Wildman–Crippen MR) is 81.6 cm³/mol. The zero-order valence-corrected chi connectivity index (χ0v) is 12.3. The standard InChI is InChI=1S/C15H14N6O/c1-10-7-14(21-15(18-10)16-9-17-21)20(2)8-12-11-5-3-4-6-13(11)22-19-12/h3-7,9H,8H2,1-2H3. The molecule has 0 radical (unpaired) electrons. The van der Waals surface area contributed by atoms with Gasteiger partial charge in [-0.3, -0.25) is 0 Å². The molecule has 0 atom stereocenters. The minimum Gasteiger partial charge on any atom is -0.356 e. The summed E-state index contributed by atoms with van der Waals surface area (Å²) in [5.74, 6) is 1.50. The van der Waals surface area contributed by atoms with Crippen molar-refractivity contribution < 1.29 is 4.52 Å². The molecule has 7 nitrogen and oxygen atoms in total. The van der Waals surface area contributed by atoms with E-state index in [0.29, 0.717) is 12.3 Å². The van der Waals surface area contributed by atoms with Crippen LogP contribution in [0.1, 0.15) is 11.4 Å². The van der Waals surface area contributed by atoms with Crippen LogP contribution in [0.25, 0.3) is 16.7 Å².